The number of carbonyl (C=O) groups is 2. The second-order valence-electron chi connectivity index (χ2n) is 7.36. The Morgan fingerprint density at radius 2 is 1.85 bits per heavy atom. The monoisotopic (exact) mass is 448 g/mol. The number of nitrogens with two attached hydrogens (primary N) is 1. The molecule has 2 aromatic rings. The van der Waals surface area contributed by atoms with Crippen molar-refractivity contribution >= 4 is 22.8 Å². The fraction of sp³-hybridized carbons (Fsp3) is 0.125. The summed E-state index contributed by atoms with van der Waals surface area (Å²) in [6.07, 6.45) is 0.513. The minimum atomic E-state index is -1.18. The van der Waals surface area contributed by atoms with Crippen LogP contribution in [0.25, 0.3) is 33.4 Å². The molecule has 0 atom stereocenters. The number of rotatable bonds is 7. The molecular formula is C24H20N2O7. The maximum atomic E-state index is 12.7. The van der Waals surface area contributed by atoms with Crippen molar-refractivity contribution in [2.24, 2.45) is 5.90 Å². The summed E-state index contributed by atoms with van der Waals surface area (Å²) in [5.41, 5.74) is 1.43. The summed E-state index contributed by atoms with van der Waals surface area (Å²) >= 11 is 0. The maximum Gasteiger partial charge on any atom is 0.336 e. The van der Waals surface area contributed by atoms with Crippen molar-refractivity contribution < 1.29 is 29.1 Å². The second-order valence-corrected chi connectivity index (χ2v) is 7.36. The number of hydrogen-bond acceptors (Lipinski definition) is 7. The van der Waals surface area contributed by atoms with Gasteiger partial charge in [-0.25, -0.2) is 10.7 Å². The smallest absolute Gasteiger partial charge is 0.336 e. The number of carboxylic acids is 1. The predicted molar refractivity (Wildman–Crippen MR) is 120 cm³/mol. The van der Waals surface area contributed by atoms with E-state index in [0.717, 1.165) is 0 Å². The van der Waals surface area contributed by atoms with E-state index < -0.39 is 5.97 Å². The molecule has 0 saturated heterocycles. The van der Waals surface area contributed by atoms with Crippen molar-refractivity contribution in [3.05, 3.63) is 75.9 Å². The molecule has 168 valence electrons. The number of carbonyl (C=O) groups excluding carboxylic acids is 1. The Morgan fingerprint density at radius 1 is 1.03 bits per heavy atom. The Hall–Kier alpha value is -4.21. The Balaban J connectivity index is 1.95. The molecule has 0 aromatic heterocycles. The highest BCUT2D eigenvalue weighted by Crippen LogP contribution is 2.42. The van der Waals surface area contributed by atoms with Crippen molar-refractivity contribution in [3.63, 3.8) is 0 Å². The zero-order chi connectivity index (χ0) is 23.5. The fourth-order valence-corrected chi connectivity index (χ4v) is 3.69. The van der Waals surface area contributed by atoms with Crippen molar-refractivity contribution in [2.75, 3.05) is 13.2 Å². The van der Waals surface area contributed by atoms with Gasteiger partial charge < -0.3 is 24.8 Å². The number of amides is 1. The van der Waals surface area contributed by atoms with E-state index in [2.05, 4.69) is 10.2 Å². The van der Waals surface area contributed by atoms with Gasteiger partial charge in [0, 0.05) is 40.8 Å². The van der Waals surface area contributed by atoms with Gasteiger partial charge in [-0.15, -0.1) is 0 Å². The summed E-state index contributed by atoms with van der Waals surface area (Å²) in [5.74, 6) is 3.58. The minimum Gasteiger partial charge on any atom is -0.508 e. The molecule has 1 amide bonds. The number of phenols is 1. The van der Waals surface area contributed by atoms with Crippen molar-refractivity contribution in [3.8, 4) is 28.2 Å². The summed E-state index contributed by atoms with van der Waals surface area (Å²) in [6, 6.07) is 12.9. The first-order valence-electron chi connectivity index (χ1n) is 10.1. The van der Waals surface area contributed by atoms with Crippen LogP contribution in [0.1, 0.15) is 27.1 Å². The quantitative estimate of drug-likeness (QED) is 0.191. The summed E-state index contributed by atoms with van der Waals surface area (Å²) < 4.78 is 5.82. The van der Waals surface area contributed by atoms with Gasteiger partial charge in [0.05, 0.1) is 12.2 Å². The van der Waals surface area contributed by atoms with Crippen molar-refractivity contribution in [2.45, 2.75) is 6.42 Å². The molecule has 0 saturated carbocycles. The van der Waals surface area contributed by atoms with Gasteiger partial charge in [-0.1, -0.05) is 0 Å². The highest BCUT2D eigenvalue weighted by Gasteiger charge is 2.23. The zero-order valence-corrected chi connectivity index (χ0v) is 17.3. The number of carboxylic acid groups (broad SMARTS) is 1. The molecule has 2 aromatic carbocycles. The van der Waals surface area contributed by atoms with Crippen LogP contribution in [0.2, 0.25) is 0 Å². The summed E-state index contributed by atoms with van der Waals surface area (Å²) in [5, 5.41) is 23.0. The third-order valence-corrected chi connectivity index (χ3v) is 5.18. The maximum absolute atomic E-state index is 12.7. The van der Waals surface area contributed by atoms with E-state index in [1.54, 1.807) is 12.1 Å². The average molecular weight is 448 g/mol. The van der Waals surface area contributed by atoms with Crippen molar-refractivity contribution in [1.29, 1.82) is 0 Å². The van der Waals surface area contributed by atoms with E-state index in [4.69, 9.17) is 10.3 Å². The first kappa shape index (κ1) is 22.0. The van der Waals surface area contributed by atoms with Crippen LogP contribution in [0.3, 0.4) is 0 Å². The second kappa shape index (κ2) is 9.11. The normalized spacial score (nSPS) is 11.1. The molecule has 0 fully saturated rings. The first-order valence-corrected chi connectivity index (χ1v) is 10.1. The van der Waals surface area contributed by atoms with E-state index in [0.29, 0.717) is 29.5 Å². The number of benzene rings is 3. The number of aromatic hydroxyl groups is 1. The largest absolute Gasteiger partial charge is 0.508 e. The lowest BCUT2D eigenvalue weighted by Gasteiger charge is -2.17. The summed E-state index contributed by atoms with van der Waals surface area (Å²) in [6.45, 7) is 0.608. The molecule has 1 aliphatic carbocycles. The van der Waals surface area contributed by atoms with Crippen LogP contribution in [0.5, 0.6) is 5.75 Å². The van der Waals surface area contributed by atoms with Crippen LogP contribution in [0.15, 0.2) is 63.8 Å². The van der Waals surface area contributed by atoms with E-state index >= 15 is 0 Å². The number of hydrogen-bond donors (Lipinski definition) is 4. The third kappa shape index (κ3) is 4.40. The predicted octanol–water partition coefficient (Wildman–Crippen LogP) is 2.98. The molecule has 0 bridgehead atoms. The van der Waals surface area contributed by atoms with Gasteiger partial charge in [-0.2, -0.15) is 0 Å². The number of aromatic carboxylic acids is 1. The Kier molecular flexibility index (Phi) is 6.07. The summed E-state index contributed by atoms with van der Waals surface area (Å²) in [4.78, 5) is 41.1. The van der Waals surface area contributed by atoms with Gasteiger partial charge in [-0.3, -0.25) is 9.59 Å². The SMILES string of the molecule is NOCCCNC(=O)c1ccc(C(=O)O)c(-c2c3ccc(=O)cc-3oc3cc(O)ccc23)c1. The molecule has 9 nitrogen and oxygen atoms in total. The topological polar surface area (TPSA) is 152 Å². The van der Waals surface area contributed by atoms with Crippen LogP contribution < -0.4 is 16.6 Å². The van der Waals surface area contributed by atoms with Gasteiger partial charge in [0.2, 0.25) is 0 Å². The number of phenolic OH excluding ortho intramolecular Hbond substituents is 1. The van der Waals surface area contributed by atoms with E-state index in [1.165, 1.54) is 42.5 Å². The van der Waals surface area contributed by atoms with E-state index in [1.807, 2.05) is 0 Å². The molecule has 0 radical (unpaired) electrons. The lowest BCUT2D eigenvalue weighted by molar-refractivity contribution is 0.0697. The van der Waals surface area contributed by atoms with Crippen LogP contribution in [-0.4, -0.2) is 35.2 Å². The lowest BCUT2D eigenvalue weighted by Crippen LogP contribution is -2.25. The Morgan fingerprint density at radius 3 is 2.61 bits per heavy atom. The van der Waals surface area contributed by atoms with Crippen LogP contribution in [0.4, 0.5) is 0 Å². The van der Waals surface area contributed by atoms with Gasteiger partial charge in [0.25, 0.3) is 5.91 Å². The van der Waals surface area contributed by atoms with Crippen LogP contribution in [-0.2, 0) is 4.84 Å². The molecular weight excluding hydrogens is 428 g/mol. The van der Waals surface area contributed by atoms with Gasteiger partial charge in [0.15, 0.2) is 5.43 Å². The standard InChI is InChI=1S/C24H20N2O7/c25-32-9-1-8-26-23(29)13-2-5-16(24(30)31)19(10-13)22-17-6-3-14(27)11-20(17)33-21-12-15(28)4-7-18(21)22/h2-7,10-12,27H,1,8-9,25H2,(H,26,29)(H,30,31). The molecule has 4 rings (SSSR count). The van der Waals surface area contributed by atoms with Crippen LogP contribution in [0, 0.1) is 0 Å². The van der Waals surface area contributed by atoms with Gasteiger partial charge in [0.1, 0.15) is 17.1 Å². The van der Waals surface area contributed by atoms with Crippen molar-refractivity contribution in [1.82, 2.24) is 5.32 Å². The van der Waals surface area contributed by atoms with Crippen LogP contribution >= 0.6 is 0 Å². The average Bonchev–Trinajstić information content (AvgIpc) is 2.79. The van der Waals surface area contributed by atoms with E-state index in [-0.39, 0.29) is 51.7 Å². The molecule has 0 spiro atoms. The Labute approximate surface area is 187 Å². The lowest BCUT2D eigenvalue weighted by atomic mass is 9.89. The molecule has 5 N–H and O–H groups in total. The minimum absolute atomic E-state index is 0.0313. The number of fused-ring (bicyclic) bond motifs is 2. The number of nitrogens with one attached hydrogen (secondary N) is 1. The molecule has 0 unspecified atom stereocenters. The highest BCUT2D eigenvalue weighted by molar-refractivity contribution is 6.09. The molecule has 1 aliphatic heterocycles. The van der Waals surface area contributed by atoms with E-state index in [9.17, 15) is 24.6 Å². The zero-order valence-electron chi connectivity index (χ0n) is 17.3. The highest BCUT2D eigenvalue weighted by atomic mass is 16.6. The molecule has 2 aliphatic rings. The van der Waals surface area contributed by atoms with Gasteiger partial charge in [-0.05, 0) is 54.4 Å². The molecule has 1 heterocycles. The molecule has 9 heteroatoms. The fourth-order valence-electron chi connectivity index (χ4n) is 3.69. The van der Waals surface area contributed by atoms with Gasteiger partial charge >= 0.3 is 5.97 Å². The third-order valence-electron chi connectivity index (χ3n) is 5.18. The first-order chi connectivity index (χ1) is 15.9. The molecule has 33 heavy (non-hydrogen) atoms. The summed E-state index contributed by atoms with van der Waals surface area (Å²) in [7, 11) is 0. The Bertz CT molecular complexity index is 1390.